The largest absolute Gasteiger partial charge is 0.467 e. The van der Waals surface area contributed by atoms with Crippen LogP contribution in [0.25, 0.3) is 0 Å². The summed E-state index contributed by atoms with van der Waals surface area (Å²) in [5.41, 5.74) is 1.34. The predicted molar refractivity (Wildman–Crippen MR) is 111 cm³/mol. The lowest BCUT2D eigenvalue weighted by Gasteiger charge is -2.11. The smallest absolute Gasteiger partial charge is 0.263 e. The number of nitrogens with one attached hydrogen (secondary N) is 3. The van der Waals surface area contributed by atoms with Crippen molar-refractivity contribution in [3.05, 3.63) is 66.0 Å². The first kappa shape index (κ1) is 19.8. The summed E-state index contributed by atoms with van der Waals surface area (Å²) in [5.74, 6) is 1.48. The minimum atomic E-state index is -3.76. The average molecular weight is 418 g/mol. The first-order chi connectivity index (χ1) is 13.3. The van der Waals surface area contributed by atoms with Gasteiger partial charge in [-0.3, -0.25) is 4.72 Å². The molecule has 10 heteroatoms. The standard InChI is InChI=1S/C18H19N5O3S2/c1-12-10-17(21-13(2)20-12)23-28(24,25)16-7-5-14(6-8-16)22-18(27)19-11-15-4-3-9-26-15/h3-10H,11H2,1-2H3,(H2,19,22,27)(H,20,21,23). The summed E-state index contributed by atoms with van der Waals surface area (Å²) in [7, 11) is -3.76. The first-order valence-corrected chi connectivity index (χ1v) is 10.2. The molecule has 3 rings (SSSR count). The van der Waals surface area contributed by atoms with Crippen molar-refractivity contribution in [2.24, 2.45) is 0 Å². The Morgan fingerprint density at radius 2 is 1.89 bits per heavy atom. The molecule has 0 amide bonds. The fourth-order valence-electron chi connectivity index (χ4n) is 2.44. The third-order valence-corrected chi connectivity index (χ3v) is 5.25. The number of sulfonamides is 1. The first-order valence-electron chi connectivity index (χ1n) is 8.34. The van der Waals surface area contributed by atoms with Gasteiger partial charge in [0.2, 0.25) is 0 Å². The molecule has 0 unspecified atom stereocenters. The van der Waals surface area contributed by atoms with Crippen LogP contribution in [0.2, 0.25) is 0 Å². The Balaban J connectivity index is 1.63. The maximum atomic E-state index is 12.6. The molecule has 0 saturated carbocycles. The maximum absolute atomic E-state index is 12.6. The minimum Gasteiger partial charge on any atom is -0.467 e. The summed E-state index contributed by atoms with van der Waals surface area (Å²) in [6.07, 6.45) is 1.59. The second kappa shape index (κ2) is 8.36. The summed E-state index contributed by atoms with van der Waals surface area (Å²) < 4.78 is 32.8. The number of anilines is 2. The van der Waals surface area contributed by atoms with Crippen LogP contribution in [0.5, 0.6) is 0 Å². The van der Waals surface area contributed by atoms with Crippen molar-refractivity contribution >= 4 is 38.9 Å². The van der Waals surface area contributed by atoms with Crippen LogP contribution in [-0.2, 0) is 16.6 Å². The number of hydrogen-bond donors (Lipinski definition) is 3. The van der Waals surface area contributed by atoms with Gasteiger partial charge in [0.15, 0.2) is 5.11 Å². The molecular formula is C18H19N5O3S2. The summed E-state index contributed by atoms with van der Waals surface area (Å²) in [4.78, 5) is 8.34. The van der Waals surface area contributed by atoms with Gasteiger partial charge in [-0.05, 0) is 62.5 Å². The molecule has 8 nitrogen and oxygen atoms in total. The van der Waals surface area contributed by atoms with Gasteiger partial charge in [-0.1, -0.05) is 0 Å². The highest BCUT2D eigenvalue weighted by Crippen LogP contribution is 2.18. The highest BCUT2D eigenvalue weighted by atomic mass is 32.2. The Hall–Kier alpha value is -2.98. The molecular weight excluding hydrogens is 398 g/mol. The minimum absolute atomic E-state index is 0.112. The van der Waals surface area contributed by atoms with E-state index < -0.39 is 10.0 Å². The molecule has 0 bridgehead atoms. The van der Waals surface area contributed by atoms with E-state index >= 15 is 0 Å². The molecule has 0 aliphatic heterocycles. The van der Waals surface area contributed by atoms with E-state index in [0.717, 1.165) is 5.76 Å². The topological polar surface area (TPSA) is 109 Å². The lowest BCUT2D eigenvalue weighted by molar-refractivity contribution is 0.503. The Morgan fingerprint density at radius 3 is 2.54 bits per heavy atom. The second-order valence-corrected chi connectivity index (χ2v) is 8.05. The van der Waals surface area contributed by atoms with Crippen LogP contribution in [0.3, 0.4) is 0 Å². The maximum Gasteiger partial charge on any atom is 0.263 e. The molecule has 0 aliphatic rings. The number of rotatable bonds is 6. The third-order valence-electron chi connectivity index (χ3n) is 3.63. The summed E-state index contributed by atoms with van der Waals surface area (Å²) in [6.45, 7) is 3.93. The Labute approximate surface area is 168 Å². The van der Waals surface area contributed by atoms with Crippen molar-refractivity contribution in [1.29, 1.82) is 0 Å². The number of aryl methyl sites for hydroxylation is 2. The van der Waals surface area contributed by atoms with E-state index in [4.69, 9.17) is 16.6 Å². The highest BCUT2D eigenvalue weighted by Gasteiger charge is 2.15. The van der Waals surface area contributed by atoms with Gasteiger partial charge in [0.1, 0.15) is 17.4 Å². The van der Waals surface area contributed by atoms with Crippen molar-refractivity contribution in [2.45, 2.75) is 25.3 Å². The monoisotopic (exact) mass is 417 g/mol. The lowest BCUT2D eigenvalue weighted by Crippen LogP contribution is -2.27. The van der Waals surface area contributed by atoms with E-state index in [9.17, 15) is 8.42 Å². The van der Waals surface area contributed by atoms with Crippen LogP contribution < -0.4 is 15.4 Å². The zero-order valence-corrected chi connectivity index (χ0v) is 16.9. The number of hydrogen-bond acceptors (Lipinski definition) is 6. The van der Waals surface area contributed by atoms with Crippen molar-refractivity contribution in [3.8, 4) is 0 Å². The quantitative estimate of drug-likeness (QED) is 0.525. The SMILES string of the molecule is Cc1cc(NS(=O)(=O)c2ccc(NC(=S)NCc3ccco3)cc2)nc(C)n1. The number of furan rings is 1. The molecule has 0 aliphatic carbocycles. The van der Waals surface area contributed by atoms with Crippen LogP contribution in [0.15, 0.2) is 58.0 Å². The molecule has 0 radical (unpaired) electrons. The Bertz CT molecular complexity index is 1040. The number of aromatic nitrogens is 2. The molecule has 3 aromatic rings. The Kier molecular flexibility index (Phi) is 5.90. The molecule has 1 aromatic carbocycles. The summed E-state index contributed by atoms with van der Waals surface area (Å²) >= 11 is 5.22. The van der Waals surface area contributed by atoms with Crippen LogP contribution in [0.1, 0.15) is 17.3 Å². The van der Waals surface area contributed by atoms with Crippen molar-refractivity contribution in [2.75, 3.05) is 10.0 Å². The Morgan fingerprint density at radius 1 is 1.14 bits per heavy atom. The molecule has 28 heavy (non-hydrogen) atoms. The third kappa shape index (κ3) is 5.27. The zero-order chi connectivity index (χ0) is 20.1. The fourth-order valence-corrected chi connectivity index (χ4v) is 3.62. The van der Waals surface area contributed by atoms with Gasteiger partial charge in [-0.2, -0.15) is 0 Å². The van der Waals surface area contributed by atoms with E-state index in [1.54, 1.807) is 44.4 Å². The summed E-state index contributed by atoms with van der Waals surface area (Å²) in [5, 5.41) is 6.39. The predicted octanol–water partition coefficient (Wildman–Crippen LogP) is 2.97. The molecule has 2 aromatic heterocycles. The van der Waals surface area contributed by atoms with E-state index in [-0.39, 0.29) is 10.7 Å². The zero-order valence-electron chi connectivity index (χ0n) is 15.3. The molecule has 0 spiro atoms. The van der Waals surface area contributed by atoms with Crippen molar-refractivity contribution in [3.63, 3.8) is 0 Å². The molecule has 0 saturated heterocycles. The molecule has 3 N–H and O–H groups in total. The van der Waals surface area contributed by atoms with Gasteiger partial charge in [0.25, 0.3) is 10.0 Å². The van der Waals surface area contributed by atoms with Crippen LogP contribution in [-0.4, -0.2) is 23.5 Å². The van der Waals surface area contributed by atoms with Crippen LogP contribution >= 0.6 is 12.2 Å². The van der Waals surface area contributed by atoms with E-state index in [0.29, 0.717) is 28.9 Å². The van der Waals surface area contributed by atoms with Gasteiger partial charge in [-0.25, -0.2) is 18.4 Å². The van der Waals surface area contributed by atoms with Gasteiger partial charge >= 0.3 is 0 Å². The van der Waals surface area contributed by atoms with E-state index in [2.05, 4.69) is 25.3 Å². The van der Waals surface area contributed by atoms with Crippen molar-refractivity contribution < 1.29 is 12.8 Å². The number of nitrogens with zero attached hydrogens (tertiary/aromatic N) is 2. The second-order valence-electron chi connectivity index (χ2n) is 5.96. The number of thiocarbonyl (C=S) groups is 1. The number of benzene rings is 1. The van der Waals surface area contributed by atoms with Gasteiger partial charge in [0.05, 0.1) is 17.7 Å². The normalized spacial score (nSPS) is 11.1. The van der Waals surface area contributed by atoms with E-state index in [1.807, 2.05) is 6.07 Å². The lowest BCUT2D eigenvalue weighted by atomic mass is 10.3. The molecule has 146 valence electrons. The van der Waals surface area contributed by atoms with Gasteiger partial charge in [-0.15, -0.1) is 0 Å². The summed E-state index contributed by atoms with van der Waals surface area (Å²) in [6, 6.07) is 11.4. The highest BCUT2D eigenvalue weighted by molar-refractivity contribution is 7.92. The van der Waals surface area contributed by atoms with Crippen LogP contribution in [0, 0.1) is 13.8 Å². The molecule has 2 heterocycles. The van der Waals surface area contributed by atoms with Crippen LogP contribution in [0.4, 0.5) is 11.5 Å². The van der Waals surface area contributed by atoms with Crippen molar-refractivity contribution in [1.82, 2.24) is 15.3 Å². The van der Waals surface area contributed by atoms with E-state index in [1.165, 1.54) is 12.1 Å². The molecule has 0 fully saturated rings. The molecule has 0 atom stereocenters. The fraction of sp³-hybridized carbons (Fsp3) is 0.167. The van der Waals surface area contributed by atoms with Gasteiger partial charge in [0, 0.05) is 17.4 Å². The van der Waals surface area contributed by atoms with Gasteiger partial charge < -0.3 is 15.1 Å². The average Bonchev–Trinajstić information content (AvgIpc) is 3.13.